The summed E-state index contributed by atoms with van der Waals surface area (Å²) in [6, 6.07) is 17.9. The second-order valence-corrected chi connectivity index (χ2v) is 7.70. The molecule has 0 aliphatic rings. The van der Waals surface area contributed by atoms with Gasteiger partial charge in [0, 0.05) is 29.9 Å². The van der Waals surface area contributed by atoms with E-state index < -0.39 is 0 Å². The second kappa shape index (κ2) is 7.78. The van der Waals surface area contributed by atoms with Crippen molar-refractivity contribution in [1.82, 2.24) is 14.9 Å². The Morgan fingerprint density at radius 1 is 1.04 bits per heavy atom. The molecule has 0 bridgehead atoms. The largest absolute Gasteiger partial charge is 0.365 e. The summed E-state index contributed by atoms with van der Waals surface area (Å²) in [4.78, 5) is 23.7. The molecule has 140 valence electrons. The molecule has 6 heteroatoms. The third kappa shape index (κ3) is 3.73. The first kappa shape index (κ1) is 18.1. The van der Waals surface area contributed by atoms with E-state index in [-0.39, 0.29) is 5.91 Å². The first-order valence-corrected chi connectivity index (χ1v) is 9.83. The molecule has 28 heavy (non-hydrogen) atoms. The minimum atomic E-state index is -0.00137. The first-order chi connectivity index (χ1) is 13.6. The van der Waals surface area contributed by atoms with E-state index in [1.165, 1.54) is 4.88 Å². The van der Waals surface area contributed by atoms with Crippen LogP contribution in [-0.2, 0) is 6.54 Å². The van der Waals surface area contributed by atoms with E-state index in [2.05, 4.69) is 32.8 Å². The van der Waals surface area contributed by atoms with Crippen molar-refractivity contribution in [2.75, 3.05) is 19.4 Å². The quantitative estimate of drug-likeness (QED) is 0.540. The van der Waals surface area contributed by atoms with Crippen molar-refractivity contribution in [1.29, 1.82) is 0 Å². The maximum absolute atomic E-state index is 12.1. The van der Waals surface area contributed by atoms with Crippen molar-refractivity contribution >= 4 is 34.0 Å². The zero-order valence-electron chi connectivity index (χ0n) is 15.7. The lowest BCUT2D eigenvalue weighted by Gasteiger charge is -2.11. The third-order valence-electron chi connectivity index (χ3n) is 4.52. The third-order valence-corrected chi connectivity index (χ3v) is 5.39. The molecule has 0 saturated carbocycles. The minimum absolute atomic E-state index is 0.00137. The Hall–Kier alpha value is -3.25. The number of rotatable bonds is 5. The Morgan fingerprint density at radius 3 is 2.54 bits per heavy atom. The van der Waals surface area contributed by atoms with Crippen molar-refractivity contribution in [2.45, 2.75) is 6.54 Å². The van der Waals surface area contributed by atoms with Gasteiger partial charge >= 0.3 is 0 Å². The van der Waals surface area contributed by atoms with Crippen LogP contribution in [0.1, 0.15) is 15.2 Å². The summed E-state index contributed by atoms with van der Waals surface area (Å²) < 4.78 is 0. The number of hydrogen-bond donors (Lipinski definition) is 1. The summed E-state index contributed by atoms with van der Waals surface area (Å²) >= 11 is 1.72. The maximum atomic E-state index is 12.1. The number of fused-ring (bicyclic) bond motifs is 1. The van der Waals surface area contributed by atoms with Gasteiger partial charge in [0.2, 0.25) is 0 Å². The maximum Gasteiger partial charge on any atom is 0.253 e. The minimum Gasteiger partial charge on any atom is -0.365 e. The predicted molar refractivity (Wildman–Crippen MR) is 115 cm³/mol. The number of nitrogens with zero attached hydrogens (tertiary/aromatic N) is 3. The van der Waals surface area contributed by atoms with Gasteiger partial charge in [0.15, 0.2) is 0 Å². The van der Waals surface area contributed by atoms with Gasteiger partial charge in [-0.15, -0.1) is 11.3 Å². The molecule has 0 fully saturated rings. The molecule has 1 amide bonds. The Labute approximate surface area is 167 Å². The number of nitrogens with one attached hydrogen (secondary N) is 1. The molecule has 1 N–H and O–H groups in total. The summed E-state index contributed by atoms with van der Waals surface area (Å²) in [5, 5.41) is 6.46. The number of aromatic nitrogens is 2. The van der Waals surface area contributed by atoms with Crippen LogP contribution in [0.15, 0.2) is 66.3 Å². The van der Waals surface area contributed by atoms with Crippen LogP contribution in [0.4, 0.5) is 5.82 Å². The molecule has 0 unspecified atom stereocenters. The Morgan fingerprint density at radius 2 is 1.82 bits per heavy atom. The van der Waals surface area contributed by atoms with E-state index in [4.69, 9.17) is 0 Å². The number of carbonyl (C=O) groups excluding carboxylic acids is 1. The number of thiophene rings is 1. The Balaban J connectivity index is 1.65. The van der Waals surface area contributed by atoms with Crippen molar-refractivity contribution in [2.24, 2.45) is 0 Å². The summed E-state index contributed by atoms with van der Waals surface area (Å²) in [7, 11) is 3.51. The number of benzene rings is 2. The molecular formula is C22H20N4OS. The van der Waals surface area contributed by atoms with Gasteiger partial charge in [0.1, 0.15) is 12.1 Å². The average molecular weight is 388 g/mol. The predicted octanol–water partition coefficient (Wildman–Crippen LogP) is 4.67. The molecular weight excluding hydrogens is 368 g/mol. The molecule has 0 spiro atoms. The summed E-state index contributed by atoms with van der Waals surface area (Å²) in [5.41, 5.74) is 3.68. The fraction of sp³-hybridized carbons (Fsp3) is 0.136. The Kier molecular flexibility index (Phi) is 5.04. The average Bonchev–Trinajstić information content (AvgIpc) is 3.25. The normalized spacial score (nSPS) is 10.8. The highest BCUT2D eigenvalue weighted by Gasteiger charge is 2.09. The summed E-state index contributed by atoms with van der Waals surface area (Å²) in [6.07, 6.45) is 1.58. The molecule has 0 atom stereocenters. The molecule has 4 rings (SSSR count). The summed E-state index contributed by atoms with van der Waals surface area (Å²) in [6.45, 7) is 0.731. The van der Waals surface area contributed by atoms with Crippen LogP contribution in [0.5, 0.6) is 0 Å². The summed E-state index contributed by atoms with van der Waals surface area (Å²) in [5.74, 6) is 0.818. The molecule has 0 aliphatic heterocycles. The number of carbonyl (C=O) groups is 1. The van der Waals surface area contributed by atoms with E-state index in [1.54, 1.807) is 36.7 Å². The lowest BCUT2D eigenvalue weighted by atomic mass is 10.0. The molecule has 2 aromatic carbocycles. The fourth-order valence-electron chi connectivity index (χ4n) is 3.02. The zero-order chi connectivity index (χ0) is 19.5. The monoisotopic (exact) mass is 388 g/mol. The van der Waals surface area contributed by atoms with Gasteiger partial charge in [-0.05, 0) is 46.8 Å². The first-order valence-electron chi connectivity index (χ1n) is 8.95. The van der Waals surface area contributed by atoms with Crippen molar-refractivity contribution in [3.63, 3.8) is 0 Å². The van der Waals surface area contributed by atoms with Crippen LogP contribution in [0.3, 0.4) is 0 Å². The standard InChI is InChI=1S/C22H20N4OS/c1-26(2)22(27)16-7-5-15(6-8-16)17-9-10-20-19(12-17)21(25-14-24-20)23-13-18-4-3-11-28-18/h3-12,14H,13H2,1-2H3,(H,23,24,25). The number of hydrogen-bond acceptors (Lipinski definition) is 5. The van der Waals surface area contributed by atoms with E-state index in [0.29, 0.717) is 5.56 Å². The Bertz CT molecular complexity index is 1110. The van der Waals surface area contributed by atoms with E-state index in [9.17, 15) is 4.79 Å². The lowest BCUT2D eigenvalue weighted by molar-refractivity contribution is 0.0827. The van der Waals surface area contributed by atoms with Crippen molar-refractivity contribution in [3.05, 3.63) is 76.7 Å². The fourth-order valence-corrected chi connectivity index (χ4v) is 3.67. The van der Waals surface area contributed by atoms with Crippen LogP contribution >= 0.6 is 11.3 Å². The molecule has 0 saturated heterocycles. The van der Waals surface area contributed by atoms with Gasteiger partial charge in [0.25, 0.3) is 5.91 Å². The van der Waals surface area contributed by atoms with Crippen LogP contribution < -0.4 is 5.32 Å². The topological polar surface area (TPSA) is 58.1 Å². The highest BCUT2D eigenvalue weighted by atomic mass is 32.1. The van der Waals surface area contributed by atoms with Gasteiger partial charge in [-0.1, -0.05) is 24.3 Å². The van der Waals surface area contributed by atoms with Crippen LogP contribution in [0.25, 0.3) is 22.0 Å². The van der Waals surface area contributed by atoms with Gasteiger partial charge in [-0.2, -0.15) is 0 Å². The molecule has 4 aromatic rings. The van der Waals surface area contributed by atoms with Crippen LogP contribution in [0, 0.1) is 0 Å². The van der Waals surface area contributed by atoms with Gasteiger partial charge < -0.3 is 10.2 Å². The zero-order valence-corrected chi connectivity index (χ0v) is 16.5. The molecule has 0 radical (unpaired) electrons. The number of amides is 1. The lowest BCUT2D eigenvalue weighted by Crippen LogP contribution is -2.21. The van der Waals surface area contributed by atoms with Crippen molar-refractivity contribution < 1.29 is 4.79 Å². The smallest absolute Gasteiger partial charge is 0.253 e. The van der Waals surface area contributed by atoms with Crippen LogP contribution in [-0.4, -0.2) is 34.9 Å². The molecule has 5 nitrogen and oxygen atoms in total. The van der Waals surface area contributed by atoms with Gasteiger partial charge in [0.05, 0.1) is 12.1 Å². The van der Waals surface area contributed by atoms with Gasteiger partial charge in [-0.3, -0.25) is 4.79 Å². The van der Waals surface area contributed by atoms with E-state index in [0.717, 1.165) is 34.4 Å². The van der Waals surface area contributed by atoms with E-state index in [1.807, 2.05) is 42.5 Å². The molecule has 0 aliphatic carbocycles. The van der Waals surface area contributed by atoms with Crippen LogP contribution in [0.2, 0.25) is 0 Å². The van der Waals surface area contributed by atoms with Gasteiger partial charge in [-0.25, -0.2) is 9.97 Å². The SMILES string of the molecule is CN(C)C(=O)c1ccc(-c2ccc3ncnc(NCc4cccs4)c3c2)cc1. The molecule has 2 aromatic heterocycles. The number of anilines is 1. The molecule has 2 heterocycles. The van der Waals surface area contributed by atoms with Crippen molar-refractivity contribution in [3.8, 4) is 11.1 Å². The highest BCUT2D eigenvalue weighted by molar-refractivity contribution is 7.09. The second-order valence-electron chi connectivity index (χ2n) is 6.66. The van der Waals surface area contributed by atoms with E-state index >= 15 is 0 Å². The highest BCUT2D eigenvalue weighted by Crippen LogP contribution is 2.27.